The number of rotatable bonds is 3. The van der Waals surface area contributed by atoms with Crippen LogP contribution < -0.4 is 0 Å². The van der Waals surface area contributed by atoms with Gasteiger partial charge < -0.3 is 8.98 Å². The predicted molar refractivity (Wildman–Crippen MR) is 159 cm³/mol. The van der Waals surface area contributed by atoms with Crippen LogP contribution >= 0.6 is 0 Å². The molecule has 6 aromatic carbocycles. The van der Waals surface area contributed by atoms with Crippen molar-refractivity contribution in [2.75, 3.05) is 0 Å². The molecule has 0 unspecified atom stereocenters. The van der Waals surface area contributed by atoms with Crippen molar-refractivity contribution in [3.8, 4) is 27.9 Å². The maximum atomic E-state index is 8.77. The first kappa shape index (κ1) is 14.6. The van der Waals surface area contributed by atoms with Gasteiger partial charge in [0.2, 0.25) is 0 Å². The summed E-state index contributed by atoms with van der Waals surface area (Å²) in [7, 11) is 0. The second kappa shape index (κ2) is 8.22. The number of aromatic nitrogens is 1. The predicted octanol–water partition coefficient (Wildman–Crippen LogP) is 10.0. The fourth-order valence-corrected chi connectivity index (χ4v) is 5.26. The van der Waals surface area contributed by atoms with Crippen LogP contribution in [-0.4, -0.2) is 4.57 Å². The van der Waals surface area contributed by atoms with Gasteiger partial charge in [-0.2, -0.15) is 0 Å². The van der Waals surface area contributed by atoms with E-state index in [9.17, 15) is 0 Å². The van der Waals surface area contributed by atoms with Gasteiger partial charge in [-0.3, -0.25) is 0 Å². The third-order valence-corrected chi connectivity index (χ3v) is 7.07. The molecular weight excluding hydrogens is 462 g/mol. The van der Waals surface area contributed by atoms with Gasteiger partial charge >= 0.3 is 0 Å². The monoisotopic (exact) mass is 493 g/mol. The van der Waals surface area contributed by atoms with Gasteiger partial charge in [-0.1, -0.05) is 96.9 Å². The van der Waals surface area contributed by atoms with Crippen LogP contribution in [0.5, 0.6) is 0 Å². The standard InChI is InChI=1S/C36H23NO/c1-4-13-33-29(10-1)30-11-2-5-14-34(30)37(33)28-9-7-8-26(22-28)24-16-18-25(19-17-24)27-20-21-36-32(23-27)31-12-3-6-15-35(31)38-36/h1-23H/i1D,2D,4D,5D,10D,11D,13D,14D. The van der Waals surface area contributed by atoms with E-state index in [4.69, 9.17) is 15.4 Å². The Balaban J connectivity index is 1.29. The zero-order chi connectivity index (χ0) is 32.0. The normalized spacial score (nSPS) is 14.6. The molecular formula is C36H23NO. The number of para-hydroxylation sites is 3. The highest BCUT2D eigenvalue weighted by molar-refractivity contribution is 6.09. The summed E-state index contributed by atoms with van der Waals surface area (Å²) in [5.41, 5.74) is 6.20. The Morgan fingerprint density at radius 3 is 1.82 bits per heavy atom. The van der Waals surface area contributed by atoms with Crippen molar-refractivity contribution >= 4 is 43.7 Å². The lowest BCUT2D eigenvalue weighted by Crippen LogP contribution is -1.94. The number of hydrogen-bond acceptors (Lipinski definition) is 1. The van der Waals surface area contributed by atoms with Crippen molar-refractivity contribution in [1.29, 1.82) is 0 Å². The van der Waals surface area contributed by atoms with Gasteiger partial charge in [0.25, 0.3) is 0 Å². The lowest BCUT2D eigenvalue weighted by molar-refractivity contribution is 0.669. The van der Waals surface area contributed by atoms with Crippen molar-refractivity contribution in [2.45, 2.75) is 0 Å². The molecule has 2 heterocycles. The SMILES string of the molecule is [2H]c1c([2H])c([2H])c2c(c1[2H])c1c([2H])c([2H])c([2H])c([2H])c1n2-c1cccc(-c2ccc(-c3ccc4oc5ccccc5c4c3)cc2)c1. The van der Waals surface area contributed by atoms with E-state index in [1.54, 1.807) is 6.07 Å². The van der Waals surface area contributed by atoms with Gasteiger partial charge in [-0.05, 0) is 64.7 Å². The number of fused-ring (bicyclic) bond motifs is 6. The molecule has 0 bridgehead atoms. The lowest BCUT2D eigenvalue weighted by atomic mass is 9.99. The Morgan fingerprint density at radius 2 is 1.08 bits per heavy atom. The summed E-state index contributed by atoms with van der Waals surface area (Å²) in [5.74, 6) is 0. The Kier molecular flexibility index (Phi) is 3.16. The molecule has 0 radical (unpaired) electrons. The summed E-state index contributed by atoms with van der Waals surface area (Å²) in [6, 6.07) is 26.5. The Morgan fingerprint density at radius 1 is 0.474 bits per heavy atom. The first-order chi connectivity index (χ1) is 22.2. The molecule has 0 aliphatic rings. The van der Waals surface area contributed by atoms with Gasteiger partial charge in [-0.15, -0.1) is 0 Å². The summed E-state index contributed by atoms with van der Waals surface area (Å²) >= 11 is 0. The van der Waals surface area contributed by atoms with Crippen LogP contribution in [-0.2, 0) is 0 Å². The third-order valence-electron chi connectivity index (χ3n) is 7.07. The zero-order valence-electron chi connectivity index (χ0n) is 28.0. The Bertz CT molecular complexity index is 2490. The minimum atomic E-state index is -0.460. The minimum Gasteiger partial charge on any atom is -0.456 e. The second-order valence-electron chi connectivity index (χ2n) is 9.22. The van der Waals surface area contributed by atoms with E-state index >= 15 is 0 Å². The number of furan rings is 1. The van der Waals surface area contributed by atoms with Gasteiger partial charge in [0.15, 0.2) is 0 Å². The van der Waals surface area contributed by atoms with Gasteiger partial charge in [-0.25, -0.2) is 0 Å². The maximum absolute atomic E-state index is 8.77. The van der Waals surface area contributed by atoms with E-state index in [-0.39, 0.29) is 46.0 Å². The van der Waals surface area contributed by atoms with Crippen LogP contribution in [0.15, 0.2) is 144 Å². The van der Waals surface area contributed by atoms with Gasteiger partial charge in [0.05, 0.1) is 22.0 Å². The molecule has 178 valence electrons. The molecule has 0 saturated heterocycles. The van der Waals surface area contributed by atoms with E-state index in [2.05, 4.69) is 12.1 Å². The van der Waals surface area contributed by atoms with Gasteiger partial charge in [0.1, 0.15) is 11.2 Å². The molecule has 0 aliphatic carbocycles. The summed E-state index contributed by atoms with van der Waals surface area (Å²) in [6.45, 7) is 0. The smallest absolute Gasteiger partial charge is 0.135 e. The molecule has 0 N–H and O–H groups in total. The molecule has 2 heteroatoms. The Hall–Kier alpha value is -5.08. The Labute approximate surface area is 231 Å². The van der Waals surface area contributed by atoms with E-state index < -0.39 is 24.2 Å². The number of nitrogens with zero attached hydrogens (tertiary/aromatic N) is 1. The number of hydrogen-bond donors (Lipinski definition) is 0. The van der Waals surface area contributed by atoms with E-state index in [1.165, 1.54) is 4.57 Å². The average Bonchev–Trinajstić information content (AvgIpc) is 3.64. The summed E-state index contributed by atoms with van der Waals surface area (Å²) in [4.78, 5) is 0. The first-order valence-electron chi connectivity index (χ1n) is 16.3. The molecule has 0 fully saturated rings. The third kappa shape index (κ3) is 3.21. The molecule has 0 aliphatic heterocycles. The first-order valence-corrected chi connectivity index (χ1v) is 12.3. The van der Waals surface area contributed by atoms with Crippen LogP contribution in [0.4, 0.5) is 0 Å². The van der Waals surface area contributed by atoms with Gasteiger partial charge in [0, 0.05) is 27.2 Å². The fourth-order valence-electron chi connectivity index (χ4n) is 5.26. The largest absolute Gasteiger partial charge is 0.456 e. The molecule has 38 heavy (non-hydrogen) atoms. The topological polar surface area (TPSA) is 18.1 Å². The summed E-state index contributed by atoms with van der Waals surface area (Å²) in [5, 5.41) is 2.23. The van der Waals surface area contributed by atoms with Crippen LogP contribution in [0.1, 0.15) is 11.0 Å². The average molecular weight is 494 g/mol. The molecule has 0 amide bonds. The van der Waals surface area contributed by atoms with Crippen LogP contribution in [0.25, 0.3) is 71.7 Å². The molecule has 0 atom stereocenters. The lowest BCUT2D eigenvalue weighted by Gasteiger charge is -2.11. The van der Waals surface area contributed by atoms with Crippen molar-refractivity contribution < 1.29 is 15.4 Å². The number of benzene rings is 6. The fraction of sp³-hybridized carbons (Fsp3) is 0. The van der Waals surface area contributed by atoms with Crippen molar-refractivity contribution in [1.82, 2.24) is 4.57 Å². The molecule has 2 nitrogen and oxygen atoms in total. The van der Waals surface area contributed by atoms with E-state index in [1.807, 2.05) is 72.8 Å². The highest BCUT2D eigenvalue weighted by Crippen LogP contribution is 2.35. The molecule has 2 aromatic heterocycles. The van der Waals surface area contributed by atoms with Crippen molar-refractivity contribution in [3.63, 3.8) is 0 Å². The molecule has 0 spiro atoms. The highest BCUT2D eigenvalue weighted by atomic mass is 16.3. The van der Waals surface area contributed by atoms with Crippen LogP contribution in [0.3, 0.4) is 0 Å². The second-order valence-corrected chi connectivity index (χ2v) is 9.22. The van der Waals surface area contributed by atoms with Crippen LogP contribution in [0.2, 0.25) is 0 Å². The van der Waals surface area contributed by atoms with Crippen LogP contribution in [0, 0.1) is 0 Å². The maximum Gasteiger partial charge on any atom is 0.135 e. The minimum absolute atomic E-state index is 0.0603. The van der Waals surface area contributed by atoms with E-state index in [0.29, 0.717) is 5.69 Å². The highest BCUT2D eigenvalue weighted by Gasteiger charge is 2.12. The van der Waals surface area contributed by atoms with Crippen molar-refractivity contribution in [3.05, 3.63) is 139 Å². The molecule has 8 rings (SSSR count). The zero-order valence-corrected chi connectivity index (χ0v) is 20.0. The summed E-state index contributed by atoms with van der Waals surface area (Å²) in [6.07, 6.45) is 0. The molecule has 0 saturated carbocycles. The quantitative estimate of drug-likeness (QED) is 0.239. The summed E-state index contributed by atoms with van der Waals surface area (Å²) < 4.78 is 75.6. The van der Waals surface area contributed by atoms with E-state index in [0.717, 1.165) is 44.2 Å². The van der Waals surface area contributed by atoms with Crippen molar-refractivity contribution in [2.24, 2.45) is 0 Å². The molecule has 8 aromatic rings.